The number of hydrogen-bond acceptors (Lipinski definition) is 5. The number of likely N-dealkylation sites (tertiary alicyclic amines) is 1. The van der Waals surface area contributed by atoms with Crippen molar-refractivity contribution in [2.24, 2.45) is 5.92 Å². The highest BCUT2D eigenvalue weighted by atomic mass is 16.5. The van der Waals surface area contributed by atoms with E-state index in [0.29, 0.717) is 6.61 Å². The van der Waals surface area contributed by atoms with Gasteiger partial charge in [0.25, 0.3) is 0 Å². The predicted octanol–water partition coefficient (Wildman–Crippen LogP) is -0.0567. The van der Waals surface area contributed by atoms with E-state index in [-0.39, 0.29) is 6.61 Å². The summed E-state index contributed by atoms with van der Waals surface area (Å²) in [5, 5.41) is 12.0. The van der Waals surface area contributed by atoms with Gasteiger partial charge < -0.3 is 24.8 Å². The van der Waals surface area contributed by atoms with Crippen molar-refractivity contribution >= 4 is 0 Å². The molecule has 0 amide bonds. The largest absolute Gasteiger partial charge is 0.394 e. The Kier molecular flexibility index (Phi) is 9.42. The number of aliphatic hydroxyl groups excluding tert-OH is 1. The summed E-state index contributed by atoms with van der Waals surface area (Å²) in [6, 6.07) is 0. The van der Waals surface area contributed by atoms with Crippen LogP contribution in [0.25, 0.3) is 0 Å². The molecule has 0 unspecified atom stereocenters. The lowest BCUT2D eigenvalue weighted by atomic mass is 9.97. The minimum Gasteiger partial charge on any atom is -0.394 e. The molecule has 0 aliphatic carbocycles. The molecule has 5 heteroatoms. The van der Waals surface area contributed by atoms with Crippen molar-refractivity contribution in [1.82, 2.24) is 10.2 Å². The number of piperidine rings is 1. The molecular formula is C13H28N2O3. The maximum Gasteiger partial charge on any atom is 0.0698 e. The molecule has 0 aromatic rings. The van der Waals surface area contributed by atoms with Crippen LogP contribution in [-0.4, -0.2) is 76.3 Å². The van der Waals surface area contributed by atoms with Gasteiger partial charge in [-0.25, -0.2) is 0 Å². The molecule has 1 rings (SSSR count). The number of methoxy groups -OCH3 is 1. The molecule has 0 aromatic heterocycles. The van der Waals surface area contributed by atoms with E-state index in [4.69, 9.17) is 14.6 Å². The van der Waals surface area contributed by atoms with Gasteiger partial charge in [0.2, 0.25) is 0 Å². The highest BCUT2D eigenvalue weighted by Gasteiger charge is 2.18. The molecule has 18 heavy (non-hydrogen) atoms. The van der Waals surface area contributed by atoms with E-state index in [2.05, 4.69) is 10.2 Å². The summed E-state index contributed by atoms with van der Waals surface area (Å²) in [7, 11) is 1.74. The van der Waals surface area contributed by atoms with E-state index in [1.54, 1.807) is 7.11 Å². The number of rotatable bonds is 10. The van der Waals surface area contributed by atoms with E-state index in [1.807, 2.05) is 0 Å². The molecule has 0 bridgehead atoms. The maximum absolute atomic E-state index is 8.60. The average molecular weight is 260 g/mol. The van der Waals surface area contributed by atoms with Gasteiger partial charge in [0.1, 0.15) is 0 Å². The minimum absolute atomic E-state index is 0.120. The first-order valence-corrected chi connectivity index (χ1v) is 6.97. The summed E-state index contributed by atoms with van der Waals surface area (Å²) >= 11 is 0. The molecule has 1 fully saturated rings. The molecule has 2 N–H and O–H groups in total. The zero-order valence-electron chi connectivity index (χ0n) is 11.6. The van der Waals surface area contributed by atoms with Crippen molar-refractivity contribution in [1.29, 1.82) is 0 Å². The topological polar surface area (TPSA) is 54.0 Å². The van der Waals surface area contributed by atoms with E-state index < -0.39 is 0 Å². The van der Waals surface area contributed by atoms with Crippen molar-refractivity contribution in [2.45, 2.75) is 12.8 Å². The first-order chi connectivity index (χ1) is 8.86. The SMILES string of the molecule is COCCNCC1CCN(CCOCCO)CC1. The van der Waals surface area contributed by atoms with Crippen LogP contribution < -0.4 is 5.32 Å². The Balaban J connectivity index is 1.95. The van der Waals surface area contributed by atoms with Gasteiger partial charge in [0, 0.05) is 20.2 Å². The monoisotopic (exact) mass is 260 g/mol. The molecule has 0 aromatic carbocycles. The van der Waals surface area contributed by atoms with E-state index in [1.165, 1.54) is 25.9 Å². The quantitative estimate of drug-likeness (QED) is 0.539. The molecule has 1 heterocycles. The Hall–Kier alpha value is -0.200. The Morgan fingerprint density at radius 2 is 2.00 bits per heavy atom. The lowest BCUT2D eigenvalue weighted by Gasteiger charge is -2.31. The molecule has 1 saturated heterocycles. The van der Waals surface area contributed by atoms with E-state index >= 15 is 0 Å². The summed E-state index contributed by atoms with van der Waals surface area (Å²) in [5.41, 5.74) is 0. The van der Waals surface area contributed by atoms with Crippen LogP contribution in [0.5, 0.6) is 0 Å². The highest BCUT2D eigenvalue weighted by Crippen LogP contribution is 2.15. The molecule has 108 valence electrons. The van der Waals surface area contributed by atoms with Crippen LogP contribution in [0.15, 0.2) is 0 Å². The van der Waals surface area contributed by atoms with Gasteiger partial charge in [-0.15, -0.1) is 0 Å². The van der Waals surface area contributed by atoms with Crippen LogP contribution in [0.1, 0.15) is 12.8 Å². The molecule has 0 radical (unpaired) electrons. The summed E-state index contributed by atoms with van der Waals surface area (Å²) in [5.74, 6) is 0.802. The summed E-state index contributed by atoms with van der Waals surface area (Å²) in [6.45, 7) is 7.49. The Bertz CT molecular complexity index is 165. The van der Waals surface area contributed by atoms with Crippen LogP contribution in [0, 0.1) is 5.92 Å². The number of hydrogen-bond donors (Lipinski definition) is 2. The first kappa shape index (κ1) is 15.9. The third-order valence-electron chi connectivity index (χ3n) is 3.41. The van der Waals surface area contributed by atoms with E-state index in [0.717, 1.165) is 38.8 Å². The van der Waals surface area contributed by atoms with Crippen molar-refractivity contribution in [3.05, 3.63) is 0 Å². The van der Waals surface area contributed by atoms with Crippen molar-refractivity contribution in [3.8, 4) is 0 Å². The number of aliphatic hydroxyl groups is 1. The first-order valence-electron chi connectivity index (χ1n) is 6.97. The Labute approximate surface area is 110 Å². The Morgan fingerprint density at radius 3 is 2.67 bits per heavy atom. The lowest BCUT2D eigenvalue weighted by Crippen LogP contribution is -2.39. The summed E-state index contributed by atoms with van der Waals surface area (Å²) in [4.78, 5) is 2.45. The number of ether oxygens (including phenoxy) is 2. The summed E-state index contributed by atoms with van der Waals surface area (Å²) in [6.07, 6.45) is 2.53. The Morgan fingerprint density at radius 1 is 1.22 bits per heavy atom. The molecular weight excluding hydrogens is 232 g/mol. The van der Waals surface area contributed by atoms with Crippen molar-refractivity contribution < 1.29 is 14.6 Å². The molecule has 1 aliphatic rings. The minimum atomic E-state index is 0.120. The third-order valence-corrected chi connectivity index (χ3v) is 3.41. The summed E-state index contributed by atoms with van der Waals surface area (Å²) < 4.78 is 10.3. The van der Waals surface area contributed by atoms with Gasteiger partial charge in [-0.05, 0) is 38.4 Å². The standard InChI is InChI=1S/C13H28N2O3/c1-17-9-4-14-12-13-2-5-15(6-3-13)7-10-18-11-8-16/h13-14,16H,2-12H2,1H3. The fourth-order valence-corrected chi connectivity index (χ4v) is 2.25. The van der Waals surface area contributed by atoms with Gasteiger partial charge in [-0.2, -0.15) is 0 Å². The maximum atomic E-state index is 8.60. The normalized spacial score (nSPS) is 18.3. The average Bonchev–Trinajstić information content (AvgIpc) is 2.41. The fourth-order valence-electron chi connectivity index (χ4n) is 2.25. The van der Waals surface area contributed by atoms with Gasteiger partial charge in [0.05, 0.1) is 26.4 Å². The number of nitrogens with zero attached hydrogens (tertiary/aromatic N) is 1. The van der Waals surface area contributed by atoms with Gasteiger partial charge in [0.15, 0.2) is 0 Å². The molecule has 0 spiro atoms. The second kappa shape index (κ2) is 10.7. The zero-order chi connectivity index (χ0) is 13.1. The number of nitrogens with one attached hydrogen (secondary N) is 1. The van der Waals surface area contributed by atoms with Crippen molar-refractivity contribution in [3.63, 3.8) is 0 Å². The van der Waals surface area contributed by atoms with Crippen LogP contribution in [-0.2, 0) is 9.47 Å². The molecule has 0 saturated carbocycles. The van der Waals surface area contributed by atoms with Gasteiger partial charge in [-0.3, -0.25) is 0 Å². The fraction of sp³-hybridized carbons (Fsp3) is 1.00. The smallest absolute Gasteiger partial charge is 0.0698 e. The van der Waals surface area contributed by atoms with Crippen LogP contribution in [0.2, 0.25) is 0 Å². The second-order valence-electron chi connectivity index (χ2n) is 4.82. The van der Waals surface area contributed by atoms with Gasteiger partial charge in [-0.1, -0.05) is 0 Å². The van der Waals surface area contributed by atoms with Crippen LogP contribution in [0.3, 0.4) is 0 Å². The van der Waals surface area contributed by atoms with E-state index in [9.17, 15) is 0 Å². The van der Waals surface area contributed by atoms with Crippen LogP contribution >= 0.6 is 0 Å². The lowest BCUT2D eigenvalue weighted by molar-refractivity contribution is 0.0647. The van der Waals surface area contributed by atoms with Crippen molar-refractivity contribution in [2.75, 3.05) is 66.3 Å². The van der Waals surface area contributed by atoms with Gasteiger partial charge >= 0.3 is 0 Å². The molecule has 0 atom stereocenters. The zero-order valence-corrected chi connectivity index (χ0v) is 11.6. The van der Waals surface area contributed by atoms with Crippen LogP contribution in [0.4, 0.5) is 0 Å². The molecule has 1 aliphatic heterocycles. The second-order valence-corrected chi connectivity index (χ2v) is 4.82. The highest BCUT2D eigenvalue weighted by molar-refractivity contribution is 4.73. The predicted molar refractivity (Wildman–Crippen MR) is 71.8 cm³/mol. The third kappa shape index (κ3) is 7.28. The molecule has 5 nitrogen and oxygen atoms in total.